The first kappa shape index (κ1) is 29.4. The Labute approximate surface area is 260 Å². The van der Waals surface area contributed by atoms with Gasteiger partial charge in [0.05, 0.1) is 0 Å². The van der Waals surface area contributed by atoms with Crippen LogP contribution in [0.15, 0.2) is 95.3 Å². The molecule has 3 aromatic rings. The van der Waals surface area contributed by atoms with Gasteiger partial charge in [0.1, 0.15) is 12.4 Å². The Bertz CT molecular complexity index is 1590. The van der Waals surface area contributed by atoms with Crippen LogP contribution in [0.25, 0.3) is 0 Å². The van der Waals surface area contributed by atoms with Crippen molar-refractivity contribution >= 4 is 23.2 Å². The number of Topliss-reactive ketones (excluding diaryl/α,β-unsaturated/α-hetero) is 2. The fraction of sp³-hybridized carbons (Fsp3) is 0.368. The molecule has 5 heteroatoms. The molecule has 0 amide bonds. The van der Waals surface area contributed by atoms with E-state index in [4.69, 9.17) is 16.3 Å². The molecule has 0 radical (unpaired) electrons. The van der Waals surface area contributed by atoms with E-state index in [-0.39, 0.29) is 22.4 Å². The van der Waals surface area contributed by atoms with E-state index in [0.29, 0.717) is 36.8 Å². The van der Waals surface area contributed by atoms with Crippen molar-refractivity contribution in [3.8, 4) is 5.75 Å². The van der Waals surface area contributed by atoms with Crippen LogP contribution in [0.5, 0.6) is 5.75 Å². The number of nitrogens with zero attached hydrogens (tertiary/aromatic N) is 1. The highest BCUT2D eigenvalue weighted by atomic mass is 35.5. The first-order valence-electron chi connectivity index (χ1n) is 15.2. The van der Waals surface area contributed by atoms with Gasteiger partial charge in [-0.15, -0.1) is 0 Å². The van der Waals surface area contributed by atoms with Gasteiger partial charge in [-0.05, 0) is 59.9 Å². The van der Waals surface area contributed by atoms with E-state index in [1.54, 1.807) is 0 Å². The number of aryl methyl sites for hydroxylation is 1. The lowest BCUT2D eigenvalue weighted by Crippen LogP contribution is -2.44. The number of hydrogen-bond donors (Lipinski definition) is 0. The summed E-state index contributed by atoms with van der Waals surface area (Å²) in [5.41, 5.74) is 7.31. The summed E-state index contributed by atoms with van der Waals surface area (Å²) < 4.78 is 6.47. The molecule has 3 aromatic carbocycles. The maximum Gasteiger partial charge on any atom is 0.162 e. The zero-order valence-corrected chi connectivity index (χ0v) is 26.6. The van der Waals surface area contributed by atoms with Gasteiger partial charge in [-0.2, -0.15) is 0 Å². The average Bonchev–Trinajstić information content (AvgIpc) is 2.93. The summed E-state index contributed by atoms with van der Waals surface area (Å²) in [5.74, 6) is 0.335. The number of halogens is 1. The van der Waals surface area contributed by atoms with E-state index < -0.39 is 5.92 Å². The number of rotatable bonds is 6. The van der Waals surface area contributed by atoms with E-state index >= 15 is 0 Å². The molecule has 3 aliphatic rings. The second-order valence-corrected chi connectivity index (χ2v) is 14.5. The Kier molecular flexibility index (Phi) is 7.62. The smallest absolute Gasteiger partial charge is 0.162 e. The van der Waals surface area contributed by atoms with Gasteiger partial charge in [0.2, 0.25) is 0 Å². The van der Waals surface area contributed by atoms with Gasteiger partial charge < -0.3 is 9.64 Å². The molecule has 0 bridgehead atoms. The predicted octanol–water partition coefficient (Wildman–Crippen LogP) is 9.11. The van der Waals surface area contributed by atoms with Crippen molar-refractivity contribution < 1.29 is 14.3 Å². The summed E-state index contributed by atoms with van der Waals surface area (Å²) in [7, 11) is 0. The lowest BCUT2D eigenvalue weighted by atomic mass is 9.63. The lowest BCUT2D eigenvalue weighted by molar-refractivity contribution is -0.119. The number of ketones is 2. The third-order valence-corrected chi connectivity index (χ3v) is 9.24. The molecular weight excluding hydrogens is 554 g/mol. The zero-order chi connectivity index (χ0) is 30.5. The van der Waals surface area contributed by atoms with Gasteiger partial charge >= 0.3 is 0 Å². The molecular formula is C38H40ClNO3. The highest BCUT2D eigenvalue weighted by Crippen LogP contribution is 2.56. The second kappa shape index (κ2) is 11.1. The van der Waals surface area contributed by atoms with Crippen molar-refractivity contribution in [1.29, 1.82) is 0 Å². The maximum atomic E-state index is 14.2. The van der Waals surface area contributed by atoms with Crippen molar-refractivity contribution in [2.45, 2.75) is 79.4 Å². The minimum absolute atomic E-state index is 0.1000. The molecule has 0 N–H and O–H groups in total. The Balaban J connectivity index is 1.54. The van der Waals surface area contributed by atoms with E-state index in [0.717, 1.165) is 52.1 Å². The number of allylic oxidation sites excluding steroid dienone is 4. The fourth-order valence-electron chi connectivity index (χ4n) is 7.04. The average molecular weight is 594 g/mol. The molecule has 6 rings (SSSR count). The third kappa shape index (κ3) is 5.95. The van der Waals surface area contributed by atoms with Crippen molar-refractivity contribution in [1.82, 2.24) is 4.90 Å². The summed E-state index contributed by atoms with van der Waals surface area (Å²) in [4.78, 5) is 30.8. The molecule has 1 aliphatic heterocycles. The lowest BCUT2D eigenvalue weighted by Gasteiger charge is -2.49. The summed E-state index contributed by atoms with van der Waals surface area (Å²) >= 11 is 6.65. The summed E-state index contributed by atoms with van der Waals surface area (Å²) in [6, 6.07) is 24.2. The Morgan fingerprint density at radius 2 is 1.35 bits per heavy atom. The van der Waals surface area contributed by atoms with Gasteiger partial charge in [0.15, 0.2) is 11.6 Å². The molecule has 0 fully saturated rings. The van der Waals surface area contributed by atoms with Gasteiger partial charge in [0, 0.05) is 58.4 Å². The quantitative estimate of drug-likeness (QED) is 0.286. The van der Waals surface area contributed by atoms with Crippen LogP contribution in [0.2, 0.25) is 5.02 Å². The second-order valence-electron chi connectivity index (χ2n) is 14.1. The van der Waals surface area contributed by atoms with Crippen LogP contribution >= 0.6 is 11.6 Å². The first-order chi connectivity index (χ1) is 20.4. The summed E-state index contributed by atoms with van der Waals surface area (Å²) in [6.07, 6.45) is 2.37. The third-order valence-electron chi connectivity index (χ3n) is 9.00. The molecule has 0 saturated carbocycles. The largest absolute Gasteiger partial charge is 0.489 e. The summed E-state index contributed by atoms with van der Waals surface area (Å²) in [5, 5.41) is 0.556. The molecule has 2 aliphatic carbocycles. The zero-order valence-electron chi connectivity index (χ0n) is 25.8. The molecule has 0 spiro atoms. The number of ether oxygens (including phenoxy) is 1. The molecule has 0 unspecified atom stereocenters. The molecule has 222 valence electrons. The number of hydrogen-bond acceptors (Lipinski definition) is 4. The van der Waals surface area contributed by atoms with Crippen LogP contribution < -0.4 is 4.74 Å². The van der Waals surface area contributed by atoms with Crippen molar-refractivity contribution in [3.05, 3.63) is 123 Å². The minimum Gasteiger partial charge on any atom is -0.489 e. The van der Waals surface area contributed by atoms with Crippen LogP contribution in [0.3, 0.4) is 0 Å². The number of carbonyl (C=O) groups excluding carboxylic acids is 2. The van der Waals surface area contributed by atoms with Gasteiger partial charge in [-0.1, -0.05) is 99.5 Å². The molecule has 43 heavy (non-hydrogen) atoms. The predicted molar refractivity (Wildman–Crippen MR) is 172 cm³/mol. The Hall–Kier alpha value is -3.63. The van der Waals surface area contributed by atoms with Crippen LogP contribution in [-0.2, 0) is 22.7 Å². The van der Waals surface area contributed by atoms with Gasteiger partial charge in [0.25, 0.3) is 0 Å². The first-order valence-corrected chi connectivity index (χ1v) is 15.6. The monoisotopic (exact) mass is 593 g/mol. The Morgan fingerprint density at radius 1 is 0.767 bits per heavy atom. The van der Waals surface area contributed by atoms with E-state index in [2.05, 4.69) is 75.9 Å². The van der Waals surface area contributed by atoms with Crippen molar-refractivity contribution in [2.75, 3.05) is 0 Å². The fourth-order valence-corrected chi connectivity index (χ4v) is 7.22. The van der Waals surface area contributed by atoms with Gasteiger partial charge in [-0.3, -0.25) is 9.59 Å². The highest BCUT2D eigenvalue weighted by molar-refractivity contribution is 6.30. The summed E-state index contributed by atoms with van der Waals surface area (Å²) in [6.45, 7) is 11.7. The highest BCUT2D eigenvalue weighted by Gasteiger charge is 2.49. The topological polar surface area (TPSA) is 46.6 Å². The minimum atomic E-state index is -0.518. The van der Waals surface area contributed by atoms with Crippen LogP contribution in [0.4, 0.5) is 0 Å². The Morgan fingerprint density at radius 3 is 1.93 bits per heavy atom. The normalized spacial score (nSPS) is 19.8. The van der Waals surface area contributed by atoms with Crippen molar-refractivity contribution in [2.24, 2.45) is 10.8 Å². The molecule has 0 aromatic heterocycles. The van der Waals surface area contributed by atoms with Crippen LogP contribution in [0.1, 0.15) is 81.5 Å². The number of carbonyl (C=O) groups is 2. The number of benzene rings is 3. The molecule has 0 atom stereocenters. The standard InChI is InChI=1S/C38H40ClNO3/c1-24-11-13-26(14-12-24)23-43-33-16-15-27(39)17-28(33)34-35-29(18-37(2,3)20-31(35)41)40(22-25-9-7-6-8-10-25)30-19-38(4,5)21-32(42)36(30)34/h6-17,34H,18-23H2,1-5H3. The van der Waals surface area contributed by atoms with Gasteiger partial charge in [-0.25, -0.2) is 0 Å². The molecule has 4 nitrogen and oxygen atoms in total. The van der Waals surface area contributed by atoms with Crippen molar-refractivity contribution in [3.63, 3.8) is 0 Å². The van der Waals surface area contributed by atoms with Crippen LogP contribution in [0, 0.1) is 17.8 Å². The van der Waals surface area contributed by atoms with E-state index in [9.17, 15) is 9.59 Å². The molecule has 0 saturated heterocycles. The van der Waals surface area contributed by atoms with E-state index in [1.165, 1.54) is 5.56 Å². The molecule has 1 heterocycles. The van der Waals surface area contributed by atoms with Crippen LogP contribution in [-0.4, -0.2) is 16.5 Å². The SMILES string of the molecule is Cc1ccc(COc2ccc(Cl)cc2C2C3=C(CC(C)(C)CC3=O)N(Cc3ccccc3)C3=C2C(=O)CC(C)(C)C3)cc1. The maximum absolute atomic E-state index is 14.2. The van der Waals surface area contributed by atoms with E-state index in [1.807, 2.05) is 36.4 Å².